The molecular formula is C26H26F4N4O4. The summed E-state index contributed by atoms with van der Waals surface area (Å²) in [5, 5.41) is 6.35. The van der Waals surface area contributed by atoms with E-state index in [2.05, 4.69) is 15.2 Å². The van der Waals surface area contributed by atoms with Gasteiger partial charge in [-0.3, -0.25) is 4.79 Å². The van der Waals surface area contributed by atoms with Gasteiger partial charge in [-0.05, 0) is 42.3 Å². The molecule has 1 aliphatic heterocycles. The molecule has 0 spiro atoms. The van der Waals surface area contributed by atoms with Crippen molar-refractivity contribution in [2.75, 3.05) is 31.8 Å². The molecule has 38 heavy (non-hydrogen) atoms. The van der Waals surface area contributed by atoms with Gasteiger partial charge in [-0.2, -0.15) is 18.3 Å². The van der Waals surface area contributed by atoms with Crippen LogP contribution in [-0.2, 0) is 24.0 Å². The molecular weight excluding hydrogens is 508 g/mol. The zero-order valence-electron chi connectivity index (χ0n) is 20.7. The van der Waals surface area contributed by atoms with Gasteiger partial charge in [-0.15, -0.1) is 0 Å². The fourth-order valence-corrected chi connectivity index (χ4v) is 4.30. The highest BCUT2D eigenvalue weighted by molar-refractivity contribution is 6.01. The van der Waals surface area contributed by atoms with E-state index in [1.807, 2.05) is 0 Å². The van der Waals surface area contributed by atoms with Crippen LogP contribution in [0.3, 0.4) is 0 Å². The molecule has 12 heteroatoms. The number of carbonyl (C=O) groups excluding carboxylic acids is 2. The number of anilines is 1. The van der Waals surface area contributed by atoms with Crippen LogP contribution in [0.15, 0.2) is 48.5 Å². The van der Waals surface area contributed by atoms with Crippen LogP contribution in [0.1, 0.15) is 50.5 Å². The van der Waals surface area contributed by atoms with Crippen LogP contribution in [-0.4, -0.2) is 48.6 Å². The van der Waals surface area contributed by atoms with Crippen LogP contribution in [0.5, 0.6) is 5.75 Å². The zero-order chi connectivity index (χ0) is 27.4. The Morgan fingerprint density at radius 1 is 1.13 bits per heavy atom. The number of benzene rings is 2. The van der Waals surface area contributed by atoms with E-state index in [0.29, 0.717) is 23.4 Å². The highest BCUT2D eigenvalue weighted by atomic mass is 19.4. The molecule has 1 N–H and O–H groups in total. The van der Waals surface area contributed by atoms with E-state index in [9.17, 15) is 27.2 Å². The Morgan fingerprint density at radius 2 is 1.87 bits per heavy atom. The number of nitrogens with zero attached hydrogens (tertiary/aromatic N) is 3. The molecule has 0 saturated carbocycles. The second kappa shape index (κ2) is 11.1. The Balaban J connectivity index is 1.60. The van der Waals surface area contributed by atoms with E-state index in [0.717, 1.165) is 5.56 Å². The van der Waals surface area contributed by atoms with E-state index in [4.69, 9.17) is 4.74 Å². The van der Waals surface area contributed by atoms with Crippen molar-refractivity contribution in [3.63, 3.8) is 0 Å². The van der Waals surface area contributed by atoms with E-state index < -0.39 is 42.0 Å². The first-order valence-electron chi connectivity index (χ1n) is 11.8. The van der Waals surface area contributed by atoms with Gasteiger partial charge in [-0.1, -0.05) is 24.3 Å². The predicted molar refractivity (Wildman–Crippen MR) is 130 cm³/mol. The first-order valence-corrected chi connectivity index (χ1v) is 11.8. The Bertz CT molecular complexity index is 1310. The average Bonchev–Trinajstić information content (AvgIpc) is 3.47. The highest BCUT2D eigenvalue weighted by Crippen LogP contribution is 2.39. The minimum Gasteiger partial charge on any atom is -0.491 e. The van der Waals surface area contributed by atoms with Crippen LogP contribution < -0.4 is 15.0 Å². The first kappa shape index (κ1) is 27.0. The molecule has 0 saturated heterocycles. The Morgan fingerprint density at radius 3 is 2.53 bits per heavy atom. The molecule has 0 bridgehead atoms. The van der Waals surface area contributed by atoms with Crippen molar-refractivity contribution < 1.29 is 36.6 Å². The van der Waals surface area contributed by atoms with Gasteiger partial charge in [0.2, 0.25) is 0 Å². The fraction of sp³-hybridized carbons (Fsp3) is 0.346. The number of methoxy groups -OCH3 is 1. The third-order valence-corrected chi connectivity index (χ3v) is 6.10. The van der Waals surface area contributed by atoms with Crippen molar-refractivity contribution in [3.8, 4) is 5.75 Å². The molecule has 3 aromatic rings. The number of fused-ring (bicyclic) bond motifs is 1. The van der Waals surface area contributed by atoms with E-state index >= 15 is 0 Å². The normalized spacial score (nSPS) is 13.7. The third kappa shape index (κ3) is 5.74. The molecule has 8 nitrogen and oxygen atoms in total. The van der Waals surface area contributed by atoms with Gasteiger partial charge in [0.15, 0.2) is 5.69 Å². The van der Waals surface area contributed by atoms with Crippen LogP contribution in [0.25, 0.3) is 0 Å². The third-order valence-electron chi connectivity index (χ3n) is 6.10. The lowest BCUT2D eigenvalue weighted by Crippen LogP contribution is -2.31. The average molecular weight is 535 g/mol. The lowest BCUT2D eigenvalue weighted by Gasteiger charge is -2.21. The van der Waals surface area contributed by atoms with Gasteiger partial charge in [0, 0.05) is 13.1 Å². The number of hydrogen-bond acceptors (Lipinski definition) is 6. The number of aromatic nitrogens is 2. The zero-order valence-corrected chi connectivity index (χ0v) is 20.7. The molecule has 2 heterocycles. The van der Waals surface area contributed by atoms with Gasteiger partial charge in [0.1, 0.15) is 30.4 Å². The Labute approximate surface area is 216 Å². The second-order valence-electron chi connectivity index (χ2n) is 8.68. The number of amides is 1. The SMILES string of the molecule is COC(=O)c1ccc([C@H](C)NC(=O)c2c(C(F)(F)F)nn3c2N(Cc2cccc(OCCF)c2)CC3)cc1. The van der Waals surface area contributed by atoms with Crippen molar-refractivity contribution in [3.05, 3.63) is 76.5 Å². The number of hydrogen-bond donors (Lipinski definition) is 1. The maximum Gasteiger partial charge on any atom is 0.436 e. The van der Waals surface area contributed by atoms with Crippen LogP contribution >= 0.6 is 0 Å². The van der Waals surface area contributed by atoms with Crippen LogP contribution in [0.2, 0.25) is 0 Å². The number of nitrogens with one attached hydrogen (secondary N) is 1. The van der Waals surface area contributed by atoms with Crippen molar-refractivity contribution in [1.82, 2.24) is 15.1 Å². The monoisotopic (exact) mass is 534 g/mol. The number of halogens is 4. The number of alkyl halides is 4. The van der Waals surface area contributed by atoms with Gasteiger partial charge in [0.05, 0.1) is 25.3 Å². The lowest BCUT2D eigenvalue weighted by molar-refractivity contribution is -0.141. The summed E-state index contributed by atoms with van der Waals surface area (Å²) in [5.74, 6) is -0.944. The number of ether oxygens (including phenoxy) is 2. The molecule has 0 unspecified atom stereocenters. The molecule has 2 aromatic carbocycles. The van der Waals surface area contributed by atoms with E-state index in [-0.39, 0.29) is 25.5 Å². The smallest absolute Gasteiger partial charge is 0.436 e. The van der Waals surface area contributed by atoms with Gasteiger partial charge in [-0.25, -0.2) is 13.9 Å². The number of rotatable bonds is 9. The maximum absolute atomic E-state index is 13.9. The second-order valence-corrected chi connectivity index (χ2v) is 8.68. The molecule has 0 fully saturated rings. The fourth-order valence-electron chi connectivity index (χ4n) is 4.30. The minimum atomic E-state index is -4.85. The molecule has 202 valence electrons. The lowest BCUT2D eigenvalue weighted by atomic mass is 10.1. The van der Waals surface area contributed by atoms with E-state index in [1.165, 1.54) is 23.9 Å². The minimum absolute atomic E-state index is 0.0677. The molecule has 0 aliphatic carbocycles. The van der Waals surface area contributed by atoms with Crippen molar-refractivity contribution in [2.24, 2.45) is 0 Å². The van der Waals surface area contributed by atoms with Crippen molar-refractivity contribution in [2.45, 2.75) is 32.2 Å². The summed E-state index contributed by atoms with van der Waals surface area (Å²) in [6, 6.07) is 12.4. The number of carbonyl (C=O) groups is 2. The molecule has 0 radical (unpaired) electrons. The summed E-state index contributed by atoms with van der Waals surface area (Å²) in [6.07, 6.45) is -4.85. The molecule has 1 amide bonds. The predicted octanol–water partition coefficient (Wildman–Crippen LogP) is 4.55. The van der Waals surface area contributed by atoms with Crippen molar-refractivity contribution >= 4 is 17.7 Å². The summed E-state index contributed by atoms with van der Waals surface area (Å²) in [4.78, 5) is 26.6. The number of esters is 1. The quantitative estimate of drug-likeness (QED) is 0.320. The largest absolute Gasteiger partial charge is 0.491 e. The Kier molecular flexibility index (Phi) is 7.88. The van der Waals surface area contributed by atoms with E-state index in [1.54, 1.807) is 48.2 Å². The summed E-state index contributed by atoms with van der Waals surface area (Å²) in [6.45, 7) is 1.59. The summed E-state index contributed by atoms with van der Waals surface area (Å²) in [5.41, 5.74) is -0.209. The standard InChI is InChI=1S/C26H26F4N4O4/c1-16(18-6-8-19(9-7-18)25(36)37-2)31-23(35)21-22(26(28,29)30)32-34-12-11-33(24(21)34)15-17-4-3-5-20(14-17)38-13-10-27/h3-9,14,16H,10-13,15H2,1-2H3,(H,31,35)/t16-/m0/s1. The molecule has 1 atom stereocenters. The topological polar surface area (TPSA) is 85.7 Å². The van der Waals surface area contributed by atoms with Crippen LogP contribution in [0, 0.1) is 0 Å². The van der Waals surface area contributed by atoms with Crippen LogP contribution in [0.4, 0.5) is 23.4 Å². The molecule has 1 aromatic heterocycles. The van der Waals surface area contributed by atoms with Gasteiger partial charge < -0.3 is 19.7 Å². The van der Waals surface area contributed by atoms with Gasteiger partial charge in [0.25, 0.3) is 5.91 Å². The van der Waals surface area contributed by atoms with Crippen molar-refractivity contribution in [1.29, 1.82) is 0 Å². The molecule has 1 aliphatic rings. The highest BCUT2D eigenvalue weighted by Gasteiger charge is 2.44. The molecule has 4 rings (SSSR count). The summed E-state index contributed by atoms with van der Waals surface area (Å²) in [7, 11) is 1.25. The summed E-state index contributed by atoms with van der Waals surface area (Å²) < 4.78 is 65.4. The Hall–Kier alpha value is -4.09. The maximum atomic E-state index is 13.9. The van der Waals surface area contributed by atoms with Gasteiger partial charge >= 0.3 is 12.1 Å². The summed E-state index contributed by atoms with van der Waals surface area (Å²) >= 11 is 0. The first-order chi connectivity index (χ1) is 18.1.